The van der Waals surface area contributed by atoms with Crippen LogP contribution in [-0.2, 0) is 0 Å². The van der Waals surface area contributed by atoms with Crippen molar-refractivity contribution >= 4 is 5.91 Å². The Hall–Kier alpha value is -1.57. The molecule has 1 aromatic carbocycles. The van der Waals surface area contributed by atoms with Crippen LogP contribution in [0.1, 0.15) is 16.8 Å². The lowest BCUT2D eigenvalue weighted by molar-refractivity contribution is 0.0754. The molecule has 2 atom stereocenters. The molecule has 0 aromatic heterocycles. The van der Waals surface area contributed by atoms with Crippen molar-refractivity contribution in [2.75, 3.05) is 6.54 Å². The van der Waals surface area contributed by atoms with Crippen molar-refractivity contribution in [3.8, 4) is 0 Å². The molecule has 1 aromatic rings. The Labute approximate surface area is 89.2 Å². The summed E-state index contributed by atoms with van der Waals surface area (Å²) < 4.78 is 0. The molecule has 0 spiro atoms. The van der Waals surface area contributed by atoms with Gasteiger partial charge in [-0.3, -0.25) is 4.79 Å². The van der Waals surface area contributed by atoms with Gasteiger partial charge in [-0.25, -0.2) is 0 Å². The molecule has 2 heteroatoms. The lowest BCUT2D eigenvalue weighted by atomic mass is 10.1. The Morgan fingerprint density at radius 3 is 2.60 bits per heavy atom. The molecule has 15 heavy (non-hydrogen) atoms. The van der Waals surface area contributed by atoms with Crippen LogP contribution in [0.4, 0.5) is 0 Å². The normalized spacial score (nSPS) is 27.3. The fraction of sp³-hybridized carbons (Fsp3) is 0.308. The molecule has 1 fully saturated rings. The van der Waals surface area contributed by atoms with E-state index in [-0.39, 0.29) is 5.91 Å². The lowest BCUT2D eigenvalue weighted by Crippen LogP contribution is -2.35. The molecule has 1 aliphatic heterocycles. The van der Waals surface area contributed by atoms with E-state index in [2.05, 4.69) is 12.2 Å². The van der Waals surface area contributed by atoms with Crippen molar-refractivity contribution in [1.82, 2.24) is 4.90 Å². The van der Waals surface area contributed by atoms with E-state index >= 15 is 0 Å². The second-order valence-corrected chi connectivity index (χ2v) is 4.27. The van der Waals surface area contributed by atoms with Crippen molar-refractivity contribution in [2.24, 2.45) is 5.92 Å². The summed E-state index contributed by atoms with van der Waals surface area (Å²) >= 11 is 0. The number of benzene rings is 1. The third-order valence-corrected chi connectivity index (χ3v) is 3.26. The van der Waals surface area contributed by atoms with Gasteiger partial charge in [0.1, 0.15) is 0 Å². The standard InChI is InChI=1S/C13H13NO/c15-13(11-4-2-1-3-5-11)14-9-10-6-7-12(14)8-10/h1-7,10,12H,8-9H2/t10-,12+/m1/s1. The number of fused-ring (bicyclic) bond motifs is 2. The average Bonchev–Trinajstić information content (AvgIpc) is 2.91. The first-order valence-electron chi connectivity index (χ1n) is 5.39. The highest BCUT2D eigenvalue weighted by Crippen LogP contribution is 2.32. The van der Waals surface area contributed by atoms with Gasteiger partial charge >= 0.3 is 0 Å². The summed E-state index contributed by atoms with van der Waals surface area (Å²) in [6.07, 6.45) is 5.52. The van der Waals surface area contributed by atoms with Crippen LogP contribution in [0.3, 0.4) is 0 Å². The molecule has 1 aliphatic carbocycles. The molecule has 76 valence electrons. The third-order valence-electron chi connectivity index (χ3n) is 3.26. The number of carbonyl (C=O) groups excluding carboxylic acids is 1. The quantitative estimate of drug-likeness (QED) is 0.634. The van der Waals surface area contributed by atoms with E-state index in [4.69, 9.17) is 0 Å². The van der Waals surface area contributed by atoms with Crippen molar-refractivity contribution < 1.29 is 4.79 Å². The lowest BCUT2D eigenvalue weighted by Gasteiger charge is -2.23. The minimum atomic E-state index is 0.174. The maximum Gasteiger partial charge on any atom is 0.254 e. The Morgan fingerprint density at radius 2 is 2.00 bits per heavy atom. The van der Waals surface area contributed by atoms with Crippen LogP contribution in [0.5, 0.6) is 0 Å². The van der Waals surface area contributed by atoms with Crippen LogP contribution in [0, 0.1) is 5.92 Å². The maximum absolute atomic E-state index is 12.1. The third kappa shape index (κ3) is 1.37. The molecule has 1 heterocycles. The first kappa shape index (κ1) is 8.72. The van der Waals surface area contributed by atoms with E-state index in [1.165, 1.54) is 0 Å². The molecule has 1 saturated heterocycles. The first-order valence-corrected chi connectivity index (χ1v) is 5.39. The number of carbonyl (C=O) groups is 1. The van der Waals surface area contributed by atoms with E-state index in [1.54, 1.807) is 0 Å². The summed E-state index contributed by atoms with van der Waals surface area (Å²) in [7, 11) is 0. The molecule has 0 saturated carbocycles. The Bertz CT molecular complexity index is 410. The van der Waals surface area contributed by atoms with Gasteiger partial charge in [-0.05, 0) is 24.5 Å². The zero-order chi connectivity index (χ0) is 10.3. The van der Waals surface area contributed by atoms with E-state index in [0.29, 0.717) is 12.0 Å². The predicted octanol–water partition coefficient (Wildman–Crippen LogP) is 2.09. The molecule has 2 nitrogen and oxygen atoms in total. The second kappa shape index (κ2) is 3.23. The second-order valence-electron chi connectivity index (χ2n) is 4.27. The number of likely N-dealkylation sites (tertiary alicyclic amines) is 1. The molecule has 2 aliphatic rings. The van der Waals surface area contributed by atoms with Gasteiger partial charge < -0.3 is 4.90 Å². The summed E-state index contributed by atoms with van der Waals surface area (Å²) in [6, 6.07) is 9.89. The van der Waals surface area contributed by atoms with Gasteiger partial charge in [0.15, 0.2) is 0 Å². The maximum atomic E-state index is 12.1. The summed E-state index contributed by atoms with van der Waals surface area (Å²) in [5.41, 5.74) is 0.804. The van der Waals surface area contributed by atoms with Gasteiger partial charge in [-0.2, -0.15) is 0 Å². The summed E-state index contributed by atoms with van der Waals surface area (Å²) in [5, 5.41) is 0. The van der Waals surface area contributed by atoms with Crippen LogP contribution >= 0.6 is 0 Å². The zero-order valence-corrected chi connectivity index (χ0v) is 8.47. The average molecular weight is 199 g/mol. The van der Waals surface area contributed by atoms with Crippen LogP contribution in [0.2, 0.25) is 0 Å². The number of hydrogen-bond donors (Lipinski definition) is 0. The molecule has 1 amide bonds. The molecule has 0 N–H and O–H groups in total. The summed E-state index contributed by atoms with van der Waals surface area (Å²) in [5.74, 6) is 0.773. The number of rotatable bonds is 1. The highest BCUT2D eigenvalue weighted by molar-refractivity contribution is 5.94. The van der Waals surface area contributed by atoms with Gasteiger partial charge in [0.05, 0.1) is 6.04 Å². The predicted molar refractivity (Wildman–Crippen MR) is 58.5 cm³/mol. The van der Waals surface area contributed by atoms with Gasteiger partial charge in [-0.15, -0.1) is 0 Å². The monoisotopic (exact) mass is 199 g/mol. The summed E-state index contributed by atoms with van der Waals surface area (Å²) in [4.78, 5) is 14.1. The van der Waals surface area contributed by atoms with Crippen molar-refractivity contribution in [1.29, 1.82) is 0 Å². The highest BCUT2D eigenvalue weighted by Gasteiger charge is 2.36. The van der Waals surface area contributed by atoms with Crippen molar-refractivity contribution in [3.05, 3.63) is 48.0 Å². The molecule has 2 bridgehead atoms. The Kier molecular flexibility index (Phi) is 1.88. The summed E-state index contributed by atoms with van der Waals surface area (Å²) in [6.45, 7) is 0.898. The fourth-order valence-corrected chi connectivity index (χ4v) is 2.49. The topological polar surface area (TPSA) is 20.3 Å². The molecule has 3 rings (SSSR count). The molecular weight excluding hydrogens is 186 g/mol. The smallest absolute Gasteiger partial charge is 0.254 e. The van der Waals surface area contributed by atoms with Gasteiger partial charge in [0, 0.05) is 12.1 Å². The molecule has 0 unspecified atom stereocenters. The van der Waals surface area contributed by atoms with Crippen LogP contribution in [0.25, 0.3) is 0 Å². The first-order chi connectivity index (χ1) is 7.34. The Balaban J connectivity index is 1.85. The zero-order valence-electron chi connectivity index (χ0n) is 8.47. The Morgan fingerprint density at radius 1 is 1.20 bits per heavy atom. The van der Waals surface area contributed by atoms with Crippen LogP contribution in [0.15, 0.2) is 42.5 Å². The highest BCUT2D eigenvalue weighted by atomic mass is 16.2. The van der Waals surface area contributed by atoms with Gasteiger partial charge in [0.2, 0.25) is 0 Å². The number of nitrogens with zero attached hydrogens (tertiary/aromatic N) is 1. The molecule has 0 radical (unpaired) electrons. The number of amides is 1. The van der Waals surface area contributed by atoms with E-state index in [1.807, 2.05) is 35.2 Å². The van der Waals surface area contributed by atoms with Crippen molar-refractivity contribution in [2.45, 2.75) is 12.5 Å². The largest absolute Gasteiger partial charge is 0.332 e. The van der Waals surface area contributed by atoms with E-state index in [9.17, 15) is 4.79 Å². The fourth-order valence-electron chi connectivity index (χ4n) is 2.49. The van der Waals surface area contributed by atoms with Gasteiger partial charge in [-0.1, -0.05) is 30.4 Å². The van der Waals surface area contributed by atoms with E-state index < -0.39 is 0 Å². The van der Waals surface area contributed by atoms with Crippen molar-refractivity contribution in [3.63, 3.8) is 0 Å². The molecular formula is C13H13NO. The minimum absolute atomic E-state index is 0.174. The minimum Gasteiger partial charge on any atom is -0.332 e. The van der Waals surface area contributed by atoms with Gasteiger partial charge in [0.25, 0.3) is 5.91 Å². The van der Waals surface area contributed by atoms with E-state index in [0.717, 1.165) is 18.5 Å². The van der Waals surface area contributed by atoms with Crippen LogP contribution in [-0.4, -0.2) is 23.4 Å². The SMILES string of the molecule is O=C(c1ccccc1)N1C[C@@H]2C=C[C@H]1C2. The van der Waals surface area contributed by atoms with Crippen LogP contribution < -0.4 is 0 Å². The number of hydrogen-bond acceptors (Lipinski definition) is 1.